The van der Waals surface area contributed by atoms with Gasteiger partial charge in [-0.15, -0.1) is 0 Å². The molecule has 8 nitrogen and oxygen atoms in total. The van der Waals surface area contributed by atoms with Gasteiger partial charge in [-0.2, -0.15) is 0 Å². The van der Waals surface area contributed by atoms with E-state index in [1.165, 1.54) is 4.90 Å². The molecule has 1 saturated heterocycles. The lowest BCUT2D eigenvalue weighted by molar-refractivity contribution is -0.175. The molecule has 0 bridgehead atoms. The van der Waals surface area contributed by atoms with Crippen LogP contribution in [0.1, 0.15) is 24.0 Å². The standard InChI is InChI=1S/C21H19F2N3O5/c22-14-7-12(8-15(23)10-14)11-24-20(29)31-21(30)5-6-26(19(21)28)16-2-3-17-13(9-16)1-4-18(27)25-17/h2-3,7-10,30H,1,4-6,11H2,(H,24,29)(H,25,27)/t21-/m0/s1. The van der Waals surface area contributed by atoms with Gasteiger partial charge in [0.25, 0.3) is 11.7 Å². The van der Waals surface area contributed by atoms with E-state index in [4.69, 9.17) is 4.74 Å². The van der Waals surface area contributed by atoms with Gasteiger partial charge in [-0.05, 0) is 47.9 Å². The number of carbonyl (C=O) groups excluding carboxylic acids is 3. The number of rotatable bonds is 4. The fourth-order valence-corrected chi connectivity index (χ4v) is 3.64. The molecule has 2 aliphatic rings. The molecule has 1 atom stereocenters. The van der Waals surface area contributed by atoms with Gasteiger partial charge in [0.2, 0.25) is 5.91 Å². The molecule has 1 fully saturated rings. The zero-order valence-electron chi connectivity index (χ0n) is 16.3. The number of amides is 3. The molecule has 3 N–H and O–H groups in total. The molecule has 0 saturated carbocycles. The Kier molecular flexibility index (Phi) is 5.32. The predicted octanol–water partition coefficient (Wildman–Crippen LogP) is 2.20. The van der Waals surface area contributed by atoms with Crippen molar-refractivity contribution < 1.29 is 33.0 Å². The van der Waals surface area contributed by atoms with Crippen molar-refractivity contribution in [3.05, 3.63) is 59.2 Å². The van der Waals surface area contributed by atoms with E-state index in [-0.39, 0.29) is 31.0 Å². The number of anilines is 2. The molecular weight excluding hydrogens is 412 g/mol. The molecule has 0 radical (unpaired) electrons. The number of alkyl carbamates (subject to hydrolysis) is 1. The Labute approximate surface area is 175 Å². The zero-order valence-corrected chi connectivity index (χ0v) is 16.3. The Balaban J connectivity index is 1.40. The third kappa shape index (κ3) is 4.33. The molecule has 0 spiro atoms. The molecule has 2 aliphatic heterocycles. The second kappa shape index (κ2) is 7.95. The Morgan fingerprint density at radius 1 is 1.16 bits per heavy atom. The van der Waals surface area contributed by atoms with Gasteiger partial charge in [-0.3, -0.25) is 9.59 Å². The van der Waals surface area contributed by atoms with Crippen molar-refractivity contribution in [2.24, 2.45) is 0 Å². The van der Waals surface area contributed by atoms with Gasteiger partial charge in [-0.25, -0.2) is 13.6 Å². The molecule has 3 amide bonds. The third-order valence-electron chi connectivity index (χ3n) is 5.17. The van der Waals surface area contributed by atoms with Gasteiger partial charge in [-0.1, -0.05) is 0 Å². The van der Waals surface area contributed by atoms with Crippen LogP contribution in [0.15, 0.2) is 36.4 Å². The van der Waals surface area contributed by atoms with Crippen molar-refractivity contribution in [2.45, 2.75) is 31.6 Å². The fourth-order valence-electron chi connectivity index (χ4n) is 3.64. The largest absolute Gasteiger partial charge is 0.410 e. The monoisotopic (exact) mass is 431 g/mol. The minimum Gasteiger partial charge on any atom is -0.407 e. The van der Waals surface area contributed by atoms with Gasteiger partial charge in [0.05, 0.1) is 0 Å². The minimum absolute atomic E-state index is 0.0766. The van der Waals surface area contributed by atoms with Crippen LogP contribution in [0.3, 0.4) is 0 Å². The van der Waals surface area contributed by atoms with Crippen molar-refractivity contribution in [1.82, 2.24) is 5.32 Å². The summed E-state index contributed by atoms with van der Waals surface area (Å²) < 4.78 is 31.4. The van der Waals surface area contributed by atoms with E-state index in [9.17, 15) is 28.3 Å². The van der Waals surface area contributed by atoms with Gasteiger partial charge in [0.1, 0.15) is 11.6 Å². The maximum absolute atomic E-state index is 13.2. The summed E-state index contributed by atoms with van der Waals surface area (Å²) in [5, 5.41) is 15.6. The van der Waals surface area contributed by atoms with Gasteiger partial charge in [0.15, 0.2) is 0 Å². The summed E-state index contributed by atoms with van der Waals surface area (Å²) in [6.07, 6.45) is -0.384. The fraction of sp³-hybridized carbons (Fsp3) is 0.286. The average molecular weight is 431 g/mol. The van der Waals surface area contributed by atoms with Crippen LogP contribution in [0.5, 0.6) is 0 Å². The van der Waals surface area contributed by atoms with E-state index in [2.05, 4.69) is 10.6 Å². The Morgan fingerprint density at radius 2 is 1.90 bits per heavy atom. The summed E-state index contributed by atoms with van der Waals surface area (Å²) in [4.78, 5) is 37.6. The highest BCUT2D eigenvalue weighted by Crippen LogP contribution is 2.33. The first-order valence-corrected chi connectivity index (χ1v) is 9.62. The molecule has 4 rings (SSSR count). The van der Waals surface area contributed by atoms with E-state index in [1.807, 2.05) is 0 Å². The molecule has 162 valence electrons. The highest BCUT2D eigenvalue weighted by molar-refractivity contribution is 6.02. The molecule has 2 aromatic carbocycles. The first kappa shape index (κ1) is 20.7. The number of halogens is 2. The number of benzene rings is 2. The second-order valence-corrected chi connectivity index (χ2v) is 7.40. The maximum atomic E-state index is 13.2. The average Bonchev–Trinajstić information content (AvgIpc) is 3.00. The van der Waals surface area contributed by atoms with Gasteiger partial charge in [0, 0.05) is 43.4 Å². The van der Waals surface area contributed by atoms with Crippen LogP contribution in [0.4, 0.5) is 25.0 Å². The van der Waals surface area contributed by atoms with Crippen LogP contribution >= 0.6 is 0 Å². The third-order valence-corrected chi connectivity index (χ3v) is 5.17. The highest BCUT2D eigenvalue weighted by Gasteiger charge is 2.49. The van der Waals surface area contributed by atoms with Gasteiger partial charge >= 0.3 is 6.09 Å². The number of aryl methyl sites for hydroxylation is 1. The number of nitrogens with one attached hydrogen (secondary N) is 2. The van der Waals surface area contributed by atoms with E-state index in [1.54, 1.807) is 18.2 Å². The van der Waals surface area contributed by atoms with Crippen LogP contribution < -0.4 is 15.5 Å². The number of hydrogen-bond acceptors (Lipinski definition) is 5. The molecule has 0 unspecified atom stereocenters. The van der Waals surface area contributed by atoms with Crippen LogP contribution in [0.25, 0.3) is 0 Å². The van der Waals surface area contributed by atoms with Crippen LogP contribution in [-0.2, 0) is 27.3 Å². The molecule has 10 heteroatoms. The van der Waals surface area contributed by atoms with E-state index >= 15 is 0 Å². The summed E-state index contributed by atoms with van der Waals surface area (Å²) in [5.41, 5.74) is 2.20. The van der Waals surface area contributed by atoms with Gasteiger partial charge < -0.3 is 25.4 Å². The van der Waals surface area contributed by atoms with Crippen molar-refractivity contribution >= 4 is 29.3 Å². The number of nitrogens with zero attached hydrogens (tertiary/aromatic N) is 1. The Morgan fingerprint density at radius 3 is 2.65 bits per heavy atom. The lowest BCUT2D eigenvalue weighted by Crippen LogP contribution is -2.46. The normalized spacial score (nSPS) is 20.3. The number of ether oxygens (including phenoxy) is 1. The Hall–Kier alpha value is -3.53. The first-order chi connectivity index (χ1) is 14.7. The summed E-state index contributed by atoms with van der Waals surface area (Å²) >= 11 is 0. The molecule has 2 aromatic rings. The molecule has 31 heavy (non-hydrogen) atoms. The Bertz CT molecular complexity index is 1060. The smallest absolute Gasteiger partial charge is 0.407 e. The topological polar surface area (TPSA) is 108 Å². The van der Waals surface area contributed by atoms with Crippen LogP contribution in [0, 0.1) is 11.6 Å². The summed E-state index contributed by atoms with van der Waals surface area (Å²) in [5.74, 6) is -4.84. The van der Waals surface area contributed by atoms with Crippen molar-refractivity contribution in [3.8, 4) is 0 Å². The van der Waals surface area contributed by atoms with Crippen LogP contribution in [-0.4, -0.2) is 35.3 Å². The van der Waals surface area contributed by atoms with Crippen LogP contribution in [0.2, 0.25) is 0 Å². The predicted molar refractivity (Wildman–Crippen MR) is 105 cm³/mol. The summed E-state index contributed by atoms with van der Waals surface area (Å²) in [6.45, 7) is -0.138. The van der Waals surface area contributed by atoms with Crippen molar-refractivity contribution in [1.29, 1.82) is 0 Å². The summed E-state index contributed by atoms with van der Waals surface area (Å²) in [6, 6.07) is 7.84. The van der Waals surface area contributed by atoms with E-state index < -0.39 is 29.4 Å². The quantitative estimate of drug-likeness (QED) is 0.644. The molecule has 0 aliphatic carbocycles. The van der Waals surface area contributed by atoms with Crippen molar-refractivity contribution in [3.63, 3.8) is 0 Å². The zero-order chi connectivity index (χ0) is 22.2. The molecule has 0 aromatic heterocycles. The molecule has 2 heterocycles. The first-order valence-electron chi connectivity index (χ1n) is 9.62. The van der Waals surface area contributed by atoms with Crippen molar-refractivity contribution in [2.75, 3.05) is 16.8 Å². The second-order valence-electron chi connectivity index (χ2n) is 7.40. The lowest BCUT2D eigenvalue weighted by atomic mass is 10.0. The lowest BCUT2D eigenvalue weighted by Gasteiger charge is -2.24. The summed E-state index contributed by atoms with van der Waals surface area (Å²) in [7, 11) is 0. The minimum atomic E-state index is -2.36. The number of fused-ring (bicyclic) bond motifs is 1. The SMILES string of the molecule is O=C1CCc2cc(N3CC[C@](O)(OC(=O)NCc4cc(F)cc(F)c4)C3=O)ccc2N1. The number of hydrogen-bond donors (Lipinski definition) is 3. The van der Waals surface area contributed by atoms with E-state index in [0.29, 0.717) is 30.3 Å². The number of aliphatic hydroxyl groups is 1. The number of carbonyl (C=O) groups is 3. The molecular formula is C21H19F2N3O5. The van der Waals surface area contributed by atoms with E-state index in [0.717, 1.165) is 17.7 Å². The maximum Gasteiger partial charge on any atom is 0.410 e. The highest BCUT2D eigenvalue weighted by atomic mass is 19.1.